The van der Waals surface area contributed by atoms with E-state index in [9.17, 15) is 0 Å². The molecule has 2 nitrogen and oxygen atoms in total. The van der Waals surface area contributed by atoms with Crippen LogP contribution in [0, 0.1) is 18.3 Å². The third kappa shape index (κ3) is 3.71. The van der Waals surface area contributed by atoms with Crippen LogP contribution < -0.4 is 5.32 Å². The van der Waals surface area contributed by atoms with Gasteiger partial charge in [-0.1, -0.05) is 46.0 Å². The third-order valence-electron chi connectivity index (χ3n) is 5.40. The fourth-order valence-corrected chi connectivity index (χ4v) is 4.30. The molecule has 21 heavy (non-hydrogen) atoms. The maximum Gasteiger partial charge on any atom is 0.109 e. The highest BCUT2D eigenvalue weighted by molar-refractivity contribution is 5.29. The molecule has 1 heterocycles. The molecular formula is C19H31NO. The number of hydrogen-bond acceptors (Lipinski definition) is 2. The Balaban J connectivity index is 1.59. The molecule has 1 aromatic heterocycles. The molecule has 2 aliphatic carbocycles. The predicted octanol–water partition coefficient (Wildman–Crippen LogP) is 5.16. The maximum atomic E-state index is 5.93. The molecule has 1 saturated carbocycles. The van der Waals surface area contributed by atoms with Crippen LogP contribution in [-0.4, -0.2) is 6.54 Å². The van der Waals surface area contributed by atoms with Crippen molar-refractivity contribution in [2.24, 2.45) is 11.3 Å². The normalized spacial score (nSPS) is 25.8. The number of rotatable bonds is 4. The van der Waals surface area contributed by atoms with Crippen LogP contribution in [0.3, 0.4) is 0 Å². The SMILES string of the molecule is Cc1cc2c(o1)CC(C)(C)CC2NCCC1CCCCC1. The quantitative estimate of drug-likeness (QED) is 0.828. The Bertz CT molecular complexity index is 468. The van der Waals surface area contributed by atoms with Gasteiger partial charge in [0.05, 0.1) is 0 Å². The van der Waals surface area contributed by atoms with Crippen molar-refractivity contribution in [1.82, 2.24) is 5.32 Å². The van der Waals surface area contributed by atoms with Gasteiger partial charge in [0.15, 0.2) is 0 Å². The van der Waals surface area contributed by atoms with Crippen molar-refractivity contribution < 1.29 is 4.42 Å². The average Bonchev–Trinajstić information content (AvgIpc) is 2.79. The van der Waals surface area contributed by atoms with Crippen molar-refractivity contribution >= 4 is 0 Å². The number of nitrogens with one attached hydrogen (secondary N) is 1. The van der Waals surface area contributed by atoms with Crippen molar-refractivity contribution in [3.05, 3.63) is 23.2 Å². The predicted molar refractivity (Wildman–Crippen MR) is 87.5 cm³/mol. The van der Waals surface area contributed by atoms with Gasteiger partial charge in [-0.2, -0.15) is 0 Å². The van der Waals surface area contributed by atoms with Gasteiger partial charge in [0.1, 0.15) is 11.5 Å². The number of aryl methyl sites for hydroxylation is 1. The first-order valence-corrected chi connectivity index (χ1v) is 8.86. The summed E-state index contributed by atoms with van der Waals surface area (Å²) in [6, 6.07) is 2.74. The van der Waals surface area contributed by atoms with Gasteiger partial charge in [-0.25, -0.2) is 0 Å². The number of fused-ring (bicyclic) bond motifs is 1. The van der Waals surface area contributed by atoms with E-state index in [4.69, 9.17) is 4.42 Å². The monoisotopic (exact) mass is 289 g/mol. The first kappa shape index (κ1) is 15.1. The minimum atomic E-state index is 0.347. The number of hydrogen-bond donors (Lipinski definition) is 1. The zero-order valence-electron chi connectivity index (χ0n) is 14.0. The van der Waals surface area contributed by atoms with E-state index in [1.54, 1.807) is 0 Å². The van der Waals surface area contributed by atoms with Crippen molar-refractivity contribution in [1.29, 1.82) is 0 Å². The highest BCUT2D eigenvalue weighted by Gasteiger charge is 2.34. The van der Waals surface area contributed by atoms with E-state index >= 15 is 0 Å². The lowest BCUT2D eigenvalue weighted by Crippen LogP contribution is -2.33. The molecule has 2 aliphatic rings. The fourth-order valence-electron chi connectivity index (χ4n) is 4.30. The van der Waals surface area contributed by atoms with Gasteiger partial charge in [-0.15, -0.1) is 0 Å². The summed E-state index contributed by atoms with van der Waals surface area (Å²) >= 11 is 0. The van der Waals surface area contributed by atoms with Crippen LogP contribution in [0.4, 0.5) is 0 Å². The van der Waals surface area contributed by atoms with E-state index in [1.165, 1.54) is 56.3 Å². The third-order valence-corrected chi connectivity index (χ3v) is 5.40. The van der Waals surface area contributed by atoms with E-state index < -0.39 is 0 Å². The van der Waals surface area contributed by atoms with Gasteiger partial charge in [0, 0.05) is 18.0 Å². The summed E-state index contributed by atoms with van der Waals surface area (Å²) in [6.07, 6.45) is 10.9. The molecule has 1 N–H and O–H groups in total. The molecule has 3 rings (SSSR count). The lowest BCUT2D eigenvalue weighted by molar-refractivity contribution is 0.229. The van der Waals surface area contributed by atoms with Gasteiger partial charge >= 0.3 is 0 Å². The minimum absolute atomic E-state index is 0.347. The van der Waals surface area contributed by atoms with Gasteiger partial charge in [-0.3, -0.25) is 0 Å². The molecule has 1 atom stereocenters. The van der Waals surface area contributed by atoms with Gasteiger partial charge in [0.2, 0.25) is 0 Å². The largest absolute Gasteiger partial charge is 0.466 e. The highest BCUT2D eigenvalue weighted by atomic mass is 16.3. The zero-order chi connectivity index (χ0) is 14.9. The summed E-state index contributed by atoms with van der Waals surface area (Å²) in [6.45, 7) is 7.96. The first-order valence-electron chi connectivity index (χ1n) is 8.86. The molecule has 0 amide bonds. The molecule has 0 aliphatic heterocycles. The standard InChI is InChI=1S/C19H31NO/c1-14-11-16-17(12-19(2,3)13-18(16)21-14)20-10-9-15-7-5-4-6-8-15/h11,15,17,20H,4-10,12-13H2,1-3H3. The zero-order valence-corrected chi connectivity index (χ0v) is 14.0. The molecule has 0 saturated heterocycles. The molecule has 1 fully saturated rings. The highest BCUT2D eigenvalue weighted by Crippen LogP contribution is 2.42. The van der Waals surface area contributed by atoms with E-state index in [-0.39, 0.29) is 0 Å². The number of furan rings is 1. The van der Waals surface area contributed by atoms with Crippen molar-refractivity contribution in [3.8, 4) is 0 Å². The van der Waals surface area contributed by atoms with Crippen LogP contribution in [-0.2, 0) is 6.42 Å². The smallest absolute Gasteiger partial charge is 0.109 e. The second kappa shape index (κ2) is 6.16. The van der Waals surface area contributed by atoms with Crippen LogP contribution in [0.25, 0.3) is 0 Å². The second-order valence-corrected chi connectivity index (χ2v) is 8.08. The minimum Gasteiger partial charge on any atom is -0.466 e. The van der Waals surface area contributed by atoms with Crippen LogP contribution in [0.5, 0.6) is 0 Å². The van der Waals surface area contributed by atoms with E-state index in [1.807, 2.05) is 0 Å². The Labute approximate surface area is 129 Å². The van der Waals surface area contributed by atoms with Crippen molar-refractivity contribution in [2.75, 3.05) is 6.54 Å². The molecule has 0 spiro atoms. The molecular weight excluding hydrogens is 258 g/mol. The Morgan fingerprint density at radius 3 is 2.76 bits per heavy atom. The molecule has 2 heteroatoms. The van der Waals surface area contributed by atoms with Gasteiger partial charge in [0.25, 0.3) is 0 Å². The van der Waals surface area contributed by atoms with E-state index in [2.05, 4.69) is 32.2 Å². The van der Waals surface area contributed by atoms with E-state index in [0.717, 1.165) is 24.6 Å². The molecule has 0 bridgehead atoms. The Morgan fingerprint density at radius 1 is 1.24 bits per heavy atom. The second-order valence-electron chi connectivity index (χ2n) is 8.08. The Hall–Kier alpha value is -0.760. The molecule has 1 aromatic rings. The average molecular weight is 289 g/mol. The summed E-state index contributed by atoms with van der Waals surface area (Å²) in [5, 5.41) is 3.83. The fraction of sp³-hybridized carbons (Fsp3) is 0.789. The lowest BCUT2D eigenvalue weighted by Gasteiger charge is -2.35. The molecule has 0 aromatic carbocycles. The summed E-state index contributed by atoms with van der Waals surface area (Å²) in [5.74, 6) is 3.25. The van der Waals surface area contributed by atoms with Crippen molar-refractivity contribution in [3.63, 3.8) is 0 Å². The lowest BCUT2D eigenvalue weighted by atomic mass is 9.74. The maximum absolute atomic E-state index is 5.93. The summed E-state index contributed by atoms with van der Waals surface area (Å²) in [4.78, 5) is 0. The Morgan fingerprint density at radius 2 is 2.00 bits per heavy atom. The summed E-state index contributed by atoms with van der Waals surface area (Å²) in [5.41, 5.74) is 1.77. The molecule has 1 unspecified atom stereocenters. The Kier molecular flexibility index (Phi) is 4.44. The topological polar surface area (TPSA) is 25.2 Å². The summed E-state index contributed by atoms with van der Waals surface area (Å²) in [7, 11) is 0. The van der Waals surface area contributed by atoms with Crippen LogP contribution in [0.2, 0.25) is 0 Å². The van der Waals surface area contributed by atoms with Crippen molar-refractivity contribution in [2.45, 2.75) is 78.2 Å². The first-order chi connectivity index (χ1) is 10.0. The molecule has 0 radical (unpaired) electrons. The van der Waals surface area contributed by atoms with Gasteiger partial charge < -0.3 is 9.73 Å². The van der Waals surface area contributed by atoms with Crippen LogP contribution in [0.1, 0.15) is 81.9 Å². The van der Waals surface area contributed by atoms with Crippen LogP contribution >= 0.6 is 0 Å². The summed E-state index contributed by atoms with van der Waals surface area (Å²) < 4.78 is 5.93. The van der Waals surface area contributed by atoms with Gasteiger partial charge in [-0.05, 0) is 43.7 Å². The van der Waals surface area contributed by atoms with E-state index in [0.29, 0.717) is 11.5 Å². The molecule has 118 valence electrons. The van der Waals surface area contributed by atoms with Crippen LogP contribution in [0.15, 0.2) is 10.5 Å².